The minimum atomic E-state index is -0.135. The minimum Gasteiger partial charge on any atom is -0.394 e. The number of carbonyl (C=O) groups is 1. The van der Waals surface area contributed by atoms with Crippen molar-refractivity contribution in [1.29, 1.82) is 0 Å². The van der Waals surface area contributed by atoms with E-state index in [1.165, 1.54) is 19.4 Å². The summed E-state index contributed by atoms with van der Waals surface area (Å²) in [6.07, 6.45) is 4.54. The van der Waals surface area contributed by atoms with Crippen LogP contribution >= 0.6 is 0 Å². The van der Waals surface area contributed by atoms with E-state index in [-0.39, 0.29) is 24.7 Å². The van der Waals surface area contributed by atoms with Crippen LogP contribution in [0.2, 0.25) is 0 Å². The van der Waals surface area contributed by atoms with E-state index in [0.717, 1.165) is 25.9 Å². The average Bonchev–Trinajstić information content (AvgIpc) is 2.44. The van der Waals surface area contributed by atoms with Crippen LogP contribution in [-0.2, 0) is 0 Å². The summed E-state index contributed by atoms with van der Waals surface area (Å²) >= 11 is 0. The molecule has 0 bridgehead atoms. The molecule has 5 nitrogen and oxygen atoms in total. The number of piperidine rings is 1. The first-order valence-corrected chi connectivity index (χ1v) is 7.45. The lowest BCUT2D eigenvalue weighted by Crippen LogP contribution is -2.50. The van der Waals surface area contributed by atoms with Gasteiger partial charge in [0.1, 0.15) is 0 Å². The maximum atomic E-state index is 12.0. The van der Waals surface area contributed by atoms with Gasteiger partial charge in [-0.25, -0.2) is 4.79 Å². The number of rotatable bonds is 6. The number of hydrogen-bond acceptors (Lipinski definition) is 3. The molecule has 0 aromatic heterocycles. The van der Waals surface area contributed by atoms with Crippen LogP contribution < -0.4 is 5.32 Å². The number of hydrogen-bond donors (Lipinski definition) is 2. The molecule has 1 fully saturated rings. The van der Waals surface area contributed by atoms with Crippen molar-refractivity contribution >= 4 is 6.03 Å². The molecule has 0 radical (unpaired) electrons. The first-order valence-electron chi connectivity index (χ1n) is 7.45. The van der Waals surface area contributed by atoms with Crippen LogP contribution in [0.15, 0.2) is 0 Å². The van der Waals surface area contributed by atoms with Crippen molar-refractivity contribution in [3.05, 3.63) is 0 Å². The standard InChI is InChI=1S/C14H29N3O2/c1-4-5-8-17-9-6-13(7-10-17)15-14(19)16(3)12(2)11-18/h12-13,18H,4-11H2,1-3H3,(H,15,19). The number of aliphatic hydroxyl groups excluding tert-OH is 1. The van der Waals surface area contributed by atoms with Gasteiger partial charge in [-0.2, -0.15) is 0 Å². The monoisotopic (exact) mass is 271 g/mol. The summed E-state index contributed by atoms with van der Waals surface area (Å²) in [5.41, 5.74) is 0. The first-order chi connectivity index (χ1) is 9.08. The van der Waals surface area contributed by atoms with E-state index in [9.17, 15) is 4.79 Å². The Morgan fingerprint density at radius 3 is 2.63 bits per heavy atom. The molecule has 1 aliphatic heterocycles. The summed E-state index contributed by atoms with van der Waals surface area (Å²) in [7, 11) is 1.73. The van der Waals surface area contributed by atoms with Crippen LogP contribution in [0.3, 0.4) is 0 Å². The summed E-state index contributed by atoms with van der Waals surface area (Å²) < 4.78 is 0. The van der Waals surface area contributed by atoms with Gasteiger partial charge in [-0.3, -0.25) is 0 Å². The molecule has 5 heteroatoms. The van der Waals surface area contributed by atoms with E-state index in [0.29, 0.717) is 0 Å². The van der Waals surface area contributed by atoms with Crippen molar-refractivity contribution in [3.8, 4) is 0 Å². The fourth-order valence-corrected chi connectivity index (χ4v) is 2.28. The highest BCUT2D eigenvalue weighted by Crippen LogP contribution is 2.11. The zero-order valence-corrected chi connectivity index (χ0v) is 12.6. The Balaban J connectivity index is 2.27. The summed E-state index contributed by atoms with van der Waals surface area (Å²) in [5, 5.41) is 12.1. The average molecular weight is 271 g/mol. The van der Waals surface area contributed by atoms with E-state index in [1.807, 2.05) is 6.92 Å². The van der Waals surface area contributed by atoms with E-state index in [2.05, 4.69) is 17.1 Å². The van der Waals surface area contributed by atoms with Gasteiger partial charge in [0.2, 0.25) is 0 Å². The Morgan fingerprint density at radius 1 is 1.47 bits per heavy atom. The molecule has 0 aliphatic carbocycles. The van der Waals surface area contributed by atoms with Crippen LogP contribution in [0.25, 0.3) is 0 Å². The molecule has 0 spiro atoms. The second kappa shape index (κ2) is 8.38. The quantitative estimate of drug-likeness (QED) is 0.765. The summed E-state index contributed by atoms with van der Waals surface area (Å²) in [6.45, 7) is 7.38. The fraction of sp³-hybridized carbons (Fsp3) is 0.929. The molecule has 1 unspecified atom stereocenters. The SMILES string of the molecule is CCCCN1CCC(NC(=O)N(C)C(C)CO)CC1. The molecule has 19 heavy (non-hydrogen) atoms. The van der Waals surface area contributed by atoms with Crippen molar-refractivity contribution in [1.82, 2.24) is 15.1 Å². The van der Waals surface area contributed by atoms with Crippen molar-refractivity contribution in [3.63, 3.8) is 0 Å². The lowest BCUT2D eigenvalue weighted by atomic mass is 10.0. The Bertz CT molecular complexity index is 265. The zero-order chi connectivity index (χ0) is 14.3. The highest BCUT2D eigenvalue weighted by atomic mass is 16.3. The molecule has 1 atom stereocenters. The molecule has 1 saturated heterocycles. The van der Waals surface area contributed by atoms with Gasteiger partial charge in [0, 0.05) is 26.2 Å². The molecule has 0 aromatic carbocycles. The van der Waals surface area contributed by atoms with E-state index >= 15 is 0 Å². The molecule has 1 rings (SSSR count). The molecule has 0 saturated carbocycles. The predicted octanol–water partition coefficient (Wildman–Crippen LogP) is 1.27. The van der Waals surface area contributed by atoms with Gasteiger partial charge in [-0.1, -0.05) is 13.3 Å². The molecule has 1 heterocycles. The van der Waals surface area contributed by atoms with Gasteiger partial charge in [0.25, 0.3) is 0 Å². The third-order valence-corrected chi connectivity index (χ3v) is 3.99. The number of carbonyl (C=O) groups excluding carboxylic acids is 1. The highest BCUT2D eigenvalue weighted by molar-refractivity contribution is 5.74. The van der Waals surface area contributed by atoms with Crippen LogP contribution in [0.5, 0.6) is 0 Å². The predicted molar refractivity (Wildman–Crippen MR) is 77.2 cm³/mol. The van der Waals surface area contributed by atoms with Crippen molar-refractivity contribution in [2.45, 2.75) is 51.6 Å². The number of amides is 2. The van der Waals surface area contributed by atoms with Gasteiger partial charge in [0.05, 0.1) is 12.6 Å². The molecular formula is C14H29N3O2. The third-order valence-electron chi connectivity index (χ3n) is 3.99. The second-order valence-electron chi connectivity index (χ2n) is 5.56. The highest BCUT2D eigenvalue weighted by Gasteiger charge is 2.22. The number of nitrogens with one attached hydrogen (secondary N) is 1. The molecule has 1 aliphatic rings. The summed E-state index contributed by atoms with van der Waals surface area (Å²) in [5.74, 6) is 0. The Hall–Kier alpha value is -0.810. The lowest BCUT2D eigenvalue weighted by molar-refractivity contribution is 0.146. The summed E-state index contributed by atoms with van der Waals surface area (Å²) in [6, 6.07) is 0.0666. The van der Waals surface area contributed by atoms with Crippen molar-refractivity contribution < 1.29 is 9.90 Å². The third kappa shape index (κ3) is 5.37. The smallest absolute Gasteiger partial charge is 0.317 e. The van der Waals surface area contributed by atoms with Crippen molar-refractivity contribution in [2.24, 2.45) is 0 Å². The maximum absolute atomic E-state index is 12.0. The van der Waals surface area contributed by atoms with Crippen molar-refractivity contribution in [2.75, 3.05) is 33.3 Å². The molecule has 2 amide bonds. The van der Waals surface area contributed by atoms with Crippen LogP contribution in [0.4, 0.5) is 4.79 Å². The number of aliphatic hydroxyl groups is 1. The van der Waals surface area contributed by atoms with Crippen LogP contribution in [0.1, 0.15) is 39.5 Å². The molecule has 0 aromatic rings. The fourth-order valence-electron chi connectivity index (χ4n) is 2.28. The Kier molecular flexibility index (Phi) is 7.16. The van der Waals surface area contributed by atoms with Gasteiger partial charge in [-0.05, 0) is 32.7 Å². The lowest BCUT2D eigenvalue weighted by Gasteiger charge is -2.34. The Morgan fingerprint density at radius 2 is 2.11 bits per heavy atom. The van der Waals surface area contributed by atoms with Gasteiger partial charge >= 0.3 is 6.03 Å². The second-order valence-corrected chi connectivity index (χ2v) is 5.56. The van der Waals surface area contributed by atoms with Gasteiger partial charge in [0.15, 0.2) is 0 Å². The van der Waals surface area contributed by atoms with Gasteiger partial charge in [-0.15, -0.1) is 0 Å². The molecule has 2 N–H and O–H groups in total. The van der Waals surface area contributed by atoms with Gasteiger partial charge < -0.3 is 20.2 Å². The zero-order valence-electron chi connectivity index (χ0n) is 12.6. The number of likely N-dealkylation sites (tertiary alicyclic amines) is 1. The molecular weight excluding hydrogens is 242 g/mol. The van der Waals surface area contributed by atoms with E-state index in [4.69, 9.17) is 5.11 Å². The normalized spacial score (nSPS) is 19.2. The largest absolute Gasteiger partial charge is 0.394 e. The first kappa shape index (κ1) is 16.2. The number of nitrogens with zero attached hydrogens (tertiary/aromatic N) is 2. The maximum Gasteiger partial charge on any atom is 0.317 e. The summed E-state index contributed by atoms with van der Waals surface area (Å²) in [4.78, 5) is 16.0. The van der Waals surface area contributed by atoms with Crippen LogP contribution in [0, 0.1) is 0 Å². The Labute approximate surface area is 117 Å². The number of urea groups is 1. The number of likely N-dealkylation sites (N-methyl/N-ethyl adjacent to an activating group) is 1. The topological polar surface area (TPSA) is 55.8 Å². The van der Waals surface area contributed by atoms with E-state index in [1.54, 1.807) is 11.9 Å². The molecule has 112 valence electrons. The number of unbranched alkanes of at least 4 members (excludes halogenated alkanes) is 1. The minimum absolute atomic E-state index is 0.000613. The van der Waals surface area contributed by atoms with Crippen LogP contribution in [-0.4, -0.2) is 66.3 Å². The van der Waals surface area contributed by atoms with E-state index < -0.39 is 0 Å².